The largest absolute Gasteiger partial charge is 0.503 e. The topological polar surface area (TPSA) is 42.2 Å². The Morgan fingerprint density at radius 3 is 2.52 bits per heavy atom. The first kappa shape index (κ1) is 16.9. The molecule has 1 N–H and O–H groups in total. The number of para-hydroxylation sites is 1. The van der Waals surface area contributed by atoms with Gasteiger partial charge in [0.15, 0.2) is 17.4 Å². The molecule has 1 unspecified atom stereocenters. The van der Waals surface area contributed by atoms with Gasteiger partial charge in [0.1, 0.15) is 0 Å². The maximum absolute atomic E-state index is 14.0. The quantitative estimate of drug-likeness (QED) is 0.774. The highest BCUT2D eigenvalue weighted by atomic mass is 19.2. The average molecular weight is 341 g/mol. The third kappa shape index (κ3) is 3.45. The lowest BCUT2D eigenvalue weighted by atomic mass is 9.96. The maximum Gasteiger partial charge on any atom is 0.223 e. The van der Waals surface area contributed by atoms with Gasteiger partial charge >= 0.3 is 0 Å². The summed E-state index contributed by atoms with van der Waals surface area (Å²) in [4.78, 5) is 11.9. The van der Waals surface area contributed by atoms with Gasteiger partial charge in [0.05, 0.1) is 6.20 Å². The smallest absolute Gasteiger partial charge is 0.223 e. The van der Waals surface area contributed by atoms with Crippen LogP contribution in [0, 0.1) is 11.6 Å². The fourth-order valence-electron chi connectivity index (χ4n) is 2.87. The Kier molecular flexibility index (Phi) is 4.65. The zero-order valence-corrected chi connectivity index (χ0v) is 13.6. The summed E-state index contributed by atoms with van der Waals surface area (Å²) in [5.41, 5.74) is 1.11. The van der Waals surface area contributed by atoms with Gasteiger partial charge < -0.3 is 9.67 Å². The summed E-state index contributed by atoms with van der Waals surface area (Å²) in [5, 5.41) is 9.79. The normalized spacial score (nSPS) is 12.1. The zero-order valence-electron chi connectivity index (χ0n) is 13.6. The lowest BCUT2D eigenvalue weighted by Crippen LogP contribution is -2.15. The highest BCUT2D eigenvalue weighted by Gasteiger charge is 2.17. The van der Waals surface area contributed by atoms with Gasteiger partial charge in [-0.05, 0) is 30.2 Å². The summed E-state index contributed by atoms with van der Waals surface area (Å²) < 4.78 is 29.1. The van der Waals surface area contributed by atoms with E-state index in [-0.39, 0.29) is 23.7 Å². The second kappa shape index (κ2) is 6.89. The van der Waals surface area contributed by atoms with E-state index in [1.807, 2.05) is 37.3 Å². The van der Waals surface area contributed by atoms with Crippen molar-refractivity contribution in [2.75, 3.05) is 0 Å². The molecule has 0 aliphatic rings. The van der Waals surface area contributed by atoms with Gasteiger partial charge in [0.2, 0.25) is 5.43 Å². The molecule has 25 heavy (non-hydrogen) atoms. The van der Waals surface area contributed by atoms with Crippen LogP contribution in [0.1, 0.15) is 24.1 Å². The first-order chi connectivity index (χ1) is 12.0. The van der Waals surface area contributed by atoms with Gasteiger partial charge in [-0.1, -0.05) is 37.3 Å². The van der Waals surface area contributed by atoms with Crippen LogP contribution in [0.2, 0.25) is 0 Å². The highest BCUT2D eigenvalue weighted by molar-refractivity contribution is 5.38. The van der Waals surface area contributed by atoms with Crippen LogP contribution in [0.4, 0.5) is 8.78 Å². The summed E-state index contributed by atoms with van der Waals surface area (Å²) in [6, 6.07) is 14.6. The fourth-order valence-corrected chi connectivity index (χ4v) is 2.87. The molecule has 3 nitrogen and oxygen atoms in total. The Bertz CT molecular complexity index is 952. The number of aromatic hydroxyl groups is 1. The molecular weight excluding hydrogens is 324 g/mol. The molecule has 0 saturated carbocycles. The van der Waals surface area contributed by atoms with Crippen molar-refractivity contribution in [1.82, 2.24) is 4.57 Å². The van der Waals surface area contributed by atoms with Crippen LogP contribution in [0.3, 0.4) is 0 Å². The minimum absolute atomic E-state index is 0.223. The van der Waals surface area contributed by atoms with E-state index in [4.69, 9.17) is 0 Å². The molecule has 2 aromatic carbocycles. The third-order valence-corrected chi connectivity index (χ3v) is 4.16. The Balaban J connectivity index is 2.05. The van der Waals surface area contributed by atoms with Gasteiger partial charge in [-0.25, -0.2) is 8.78 Å². The molecule has 0 bridgehead atoms. The molecule has 1 aromatic heterocycles. The van der Waals surface area contributed by atoms with Crippen LogP contribution < -0.4 is 5.43 Å². The number of hydrogen-bond acceptors (Lipinski definition) is 2. The molecule has 0 radical (unpaired) electrons. The molecule has 0 aliphatic carbocycles. The minimum atomic E-state index is -0.893. The summed E-state index contributed by atoms with van der Waals surface area (Å²) in [6.45, 7) is 1.83. The first-order valence-corrected chi connectivity index (χ1v) is 7.91. The number of benzene rings is 2. The molecule has 128 valence electrons. The Morgan fingerprint density at radius 2 is 1.80 bits per heavy atom. The Labute approximate surface area is 143 Å². The summed E-state index contributed by atoms with van der Waals surface area (Å²) in [6.07, 6.45) is 1.58. The van der Waals surface area contributed by atoms with Crippen molar-refractivity contribution < 1.29 is 13.9 Å². The van der Waals surface area contributed by atoms with Gasteiger partial charge in [-0.3, -0.25) is 4.79 Å². The van der Waals surface area contributed by atoms with E-state index < -0.39 is 17.1 Å². The van der Waals surface area contributed by atoms with E-state index in [1.54, 1.807) is 4.57 Å². The molecule has 3 rings (SSSR count). The number of halogens is 2. The number of rotatable bonds is 4. The van der Waals surface area contributed by atoms with Crippen LogP contribution in [0.25, 0.3) is 5.69 Å². The van der Waals surface area contributed by atoms with Crippen molar-refractivity contribution in [2.45, 2.75) is 19.3 Å². The van der Waals surface area contributed by atoms with E-state index >= 15 is 0 Å². The van der Waals surface area contributed by atoms with E-state index in [0.29, 0.717) is 5.69 Å². The van der Waals surface area contributed by atoms with Gasteiger partial charge in [-0.2, -0.15) is 0 Å². The van der Waals surface area contributed by atoms with Crippen molar-refractivity contribution in [3.8, 4) is 11.4 Å². The Morgan fingerprint density at radius 1 is 1.08 bits per heavy atom. The monoisotopic (exact) mass is 341 g/mol. The Hall–Kier alpha value is -2.95. The van der Waals surface area contributed by atoms with Crippen molar-refractivity contribution in [3.63, 3.8) is 0 Å². The zero-order chi connectivity index (χ0) is 18.0. The fraction of sp³-hybridized carbons (Fsp3) is 0.150. The van der Waals surface area contributed by atoms with Crippen LogP contribution in [0.5, 0.6) is 5.75 Å². The van der Waals surface area contributed by atoms with Crippen molar-refractivity contribution in [1.29, 1.82) is 0 Å². The van der Waals surface area contributed by atoms with E-state index in [2.05, 4.69) is 0 Å². The molecule has 1 heterocycles. The van der Waals surface area contributed by atoms with Gasteiger partial charge in [0, 0.05) is 23.4 Å². The van der Waals surface area contributed by atoms with Crippen molar-refractivity contribution in [2.24, 2.45) is 0 Å². The number of pyridine rings is 1. The first-order valence-electron chi connectivity index (χ1n) is 7.91. The third-order valence-electron chi connectivity index (χ3n) is 4.16. The van der Waals surface area contributed by atoms with Crippen LogP contribution in [-0.2, 0) is 6.42 Å². The summed E-state index contributed by atoms with van der Waals surface area (Å²) in [5.74, 6) is -2.40. The molecule has 0 spiro atoms. The number of hydrogen-bond donors (Lipinski definition) is 1. The molecule has 0 saturated heterocycles. The SMILES string of the molecule is CC(Cc1cccc(F)c1F)c1cc(=O)c(O)cn1-c1ccccc1. The number of nitrogens with zero attached hydrogens (tertiary/aromatic N) is 1. The number of aromatic nitrogens is 1. The second-order valence-corrected chi connectivity index (χ2v) is 5.97. The van der Waals surface area contributed by atoms with Crippen LogP contribution in [-0.4, -0.2) is 9.67 Å². The van der Waals surface area contributed by atoms with Gasteiger partial charge in [0.25, 0.3) is 0 Å². The van der Waals surface area contributed by atoms with E-state index in [0.717, 1.165) is 11.8 Å². The van der Waals surface area contributed by atoms with E-state index in [9.17, 15) is 18.7 Å². The molecular formula is C20H17F2NO2. The van der Waals surface area contributed by atoms with Crippen LogP contribution in [0.15, 0.2) is 65.6 Å². The van der Waals surface area contributed by atoms with E-state index in [1.165, 1.54) is 24.4 Å². The van der Waals surface area contributed by atoms with Crippen molar-refractivity contribution in [3.05, 3.63) is 93.9 Å². The minimum Gasteiger partial charge on any atom is -0.503 e. The summed E-state index contributed by atoms with van der Waals surface area (Å²) >= 11 is 0. The molecule has 0 aliphatic heterocycles. The molecule has 0 fully saturated rings. The molecule has 3 aromatic rings. The molecule has 0 amide bonds. The summed E-state index contributed by atoms with van der Waals surface area (Å²) in [7, 11) is 0. The predicted octanol–water partition coefficient (Wildman–Crippen LogP) is 4.17. The second-order valence-electron chi connectivity index (χ2n) is 5.97. The predicted molar refractivity (Wildman–Crippen MR) is 92.2 cm³/mol. The standard InChI is InChI=1S/C20H17F2NO2/c1-13(10-14-6-5-9-16(21)20(14)22)17-11-18(24)19(25)12-23(17)15-7-3-2-4-8-15/h2-9,11-13,25H,10H2,1H3. The lowest BCUT2D eigenvalue weighted by Gasteiger charge is -2.20. The van der Waals surface area contributed by atoms with Crippen LogP contribution >= 0.6 is 0 Å². The maximum atomic E-state index is 14.0. The average Bonchev–Trinajstić information content (AvgIpc) is 2.61. The molecule has 5 heteroatoms. The lowest BCUT2D eigenvalue weighted by molar-refractivity contribution is 0.463. The highest BCUT2D eigenvalue weighted by Crippen LogP contribution is 2.25. The van der Waals surface area contributed by atoms with Crippen molar-refractivity contribution >= 4 is 0 Å². The molecule has 1 atom stereocenters. The van der Waals surface area contributed by atoms with Gasteiger partial charge in [-0.15, -0.1) is 0 Å².